The average molecular weight is 291 g/mol. The van der Waals surface area contributed by atoms with Gasteiger partial charge in [-0.1, -0.05) is 6.07 Å². The Labute approximate surface area is 126 Å². The highest BCUT2D eigenvalue weighted by molar-refractivity contribution is 5.69. The number of nitrogens with two attached hydrogens (primary N) is 1. The molecule has 0 radical (unpaired) electrons. The molecule has 0 heterocycles. The van der Waals surface area contributed by atoms with E-state index >= 15 is 0 Å². The molecule has 0 aromatic heterocycles. The molecular weight excluding hydrogens is 266 g/mol. The summed E-state index contributed by atoms with van der Waals surface area (Å²) in [5.74, 6) is 1.25. The van der Waals surface area contributed by atoms with Gasteiger partial charge in [-0.2, -0.15) is 0 Å². The van der Waals surface area contributed by atoms with Gasteiger partial charge in [0.25, 0.3) is 0 Å². The zero-order valence-corrected chi connectivity index (χ0v) is 12.8. The Hall–Kier alpha value is -1.55. The van der Waals surface area contributed by atoms with Gasteiger partial charge in [0.2, 0.25) is 0 Å². The molecule has 0 saturated carbocycles. The second kappa shape index (κ2) is 8.03. The van der Waals surface area contributed by atoms with Crippen molar-refractivity contribution < 1.29 is 14.3 Å². The largest absolute Gasteiger partial charge is 0.494 e. The number of carbonyl (C=O) groups is 1. The highest BCUT2D eigenvalue weighted by Crippen LogP contribution is 2.30. The summed E-state index contributed by atoms with van der Waals surface area (Å²) in [4.78, 5) is 11.6. The molecule has 0 bridgehead atoms. The third-order valence-corrected chi connectivity index (χ3v) is 3.89. The summed E-state index contributed by atoms with van der Waals surface area (Å²) in [6, 6.07) is 6.28. The van der Waals surface area contributed by atoms with Crippen molar-refractivity contribution >= 4 is 5.97 Å². The number of aryl methyl sites for hydroxylation is 1. The van der Waals surface area contributed by atoms with Crippen LogP contribution in [0.4, 0.5) is 0 Å². The number of benzene rings is 1. The van der Waals surface area contributed by atoms with E-state index < -0.39 is 0 Å². The zero-order valence-electron chi connectivity index (χ0n) is 12.8. The van der Waals surface area contributed by atoms with Crippen molar-refractivity contribution in [2.45, 2.75) is 39.0 Å². The Balaban J connectivity index is 1.91. The summed E-state index contributed by atoms with van der Waals surface area (Å²) in [6.07, 6.45) is 4.41. The summed E-state index contributed by atoms with van der Waals surface area (Å²) >= 11 is 0. The van der Waals surface area contributed by atoms with Crippen LogP contribution in [0.15, 0.2) is 18.2 Å². The van der Waals surface area contributed by atoms with Gasteiger partial charge >= 0.3 is 5.97 Å². The van der Waals surface area contributed by atoms with Crippen molar-refractivity contribution in [3.63, 3.8) is 0 Å². The van der Waals surface area contributed by atoms with E-state index in [0.29, 0.717) is 32.1 Å². The molecule has 1 aromatic carbocycles. The lowest BCUT2D eigenvalue weighted by molar-refractivity contribution is -0.144. The highest BCUT2D eigenvalue weighted by atomic mass is 16.5. The third kappa shape index (κ3) is 4.74. The first-order valence-electron chi connectivity index (χ1n) is 7.83. The minimum atomic E-state index is -0.0762. The molecule has 0 spiro atoms. The van der Waals surface area contributed by atoms with Gasteiger partial charge in [-0.3, -0.25) is 4.79 Å². The van der Waals surface area contributed by atoms with Gasteiger partial charge in [-0.15, -0.1) is 0 Å². The number of hydrogen-bond acceptors (Lipinski definition) is 4. The molecule has 4 heteroatoms. The molecule has 4 nitrogen and oxygen atoms in total. The second-order valence-corrected chi connectivity index (χ2v) is 5.54. The Kier molecular flexibility index (Phi) is 6.05. The predicted octanol–water partition coefficient (Wildman–Crippen LogP) is 2.47. The van der Waals surface area contributed by atoms with E-state index in [0.717, 1.165) is 31.4 Å². The van der Waals surface area contributed by atoms with E-state index in [1.807, 2.05) is 13.0 Å². The quantitative estimate of drug-likeness (QED) is 0.619. The van der Waals surface area contributed by atoms with Crippen molar-refractivity contribution in [3.8, 4) is 5.75 Å². The minimum Gasteiger partial charge on any atom is -0.494 e. The number of fused-ring (bicyclic) bond motifs is 1. The van der Waals surface area contributed by atoms with Crippen LogP contribution in [0.2, 0.25) is 0 Å². The van der Waals surface area contributed by atoms with Crippen LogP contribution in [0, 0.1) is 5.92 Å². The predicted molar refractivity (Wildman–Crippen MR) is 82.4 cm³/mol. The Morgan fingerprint density at radius 2 is 2.24 bits per heavy atom. The fourth-order valence-electron chi connectivity index (χ4n) is 2.80. The Morgan fingerprint density at radius 3 is 3.00 bits per heavy atom. The van der Waals surface area contributed by atoms with Gasteiger partial charge < -0.3 is 15.2 Å². The summed E-state index contributed by atoms with van der Waals surface area (Å²) in [5, 5.41) is 0. The fraction of sp³-hybridized carbons (Fsp3) is 0.588. The molecule has 2 rings (SSSR count). The molecule has 1 unspecified atom stereocenters. The van der Waals surface area contributed by atoms with Crippen LogP contribution in [-0.4, -0.2) is 25.7 Å². The number of rotatable bonds is 7. The molecule has 116 valence electrons. The monoisotopic (exact) mass is 291 g/mol. The number of ether oxygens (including phenoxy) is 2. The lowest BCUT2D eigenvalue weighted by Crippen LogP contribution is -2.19. The van der Waals surface area contributed by atoms with E-state index in [-0.39, 0.29) is 5.97 Å². The maximum atomic E-state index is 11.6. The molecule has 21 heavy (non-hydrogen) atoms. The molecule has 1 aliphatic rings. The molecular formula is C17H25NO3. The molecule has 1 atom stereocenters. The topological polar surface area (TPSA) is 61.5 Å². The van der Waals surface area contributed by atoms with Gasteiger partial charge in [0.15, 0.2) is 0 Å². The lowest BCUT2D eigenvalue weighted by Gasteiger charge is -2.24. The summed E-state index contributed by atoms with van der Waals surface area (Å²) in [7, 11) is 0. The SMILES string of the molecule is CCOC(=O)CC1CCc2cc(OCCCN)ccc2C1. The smallest absolute Gasteiger partial charge is 0.306 e. The molecule has 1 aliphatic carbocycles. The molecule has 2 N–H and O–H groups in total. The van der Waals surface area contributed by atoms with Gasteiger partial charge in [0.1, 0.15) is 5.75 Å². The maximum Gasteiger partial charge on any atom is 0.306 e. The van der Waals surface area contributed by atoms with Crippen LogP contribution >= 0.6 is 0 Å². The summed E-state index contributed by atoms with van der Waals surface area (Å²) in [6.45, 7) is 3.63. The molecule has 1 aromatic rings. The second-order valence-electron chi connectivity index (χ2n) is 5.54. The molecule has 0 aliphatic heterocycles. The van der Waals surface area contributed by atoms with Gasteiger partial charge in [0, 0.05) is 6.42 Å². The Morgan fingerprint density at radius 1 is 1.38 bits per heavy atom. The lowest BCUT2D eigenvalue weighted by atomic mass is 9.82. The van der Waals surface area contributed by atoms with E-state index in [9.17, 15) is 4.79 Å². The number of carbonyl (C=O) groups excluding carboxylic acids is 1. The fourth-order valence-corrected chi connectivity index (χ4v) is 2.80. The molecule has 0 fully saturated rings. The molecule has 0 amide bonds. The first-order valence-corrected chi connectivity index (χ1v) is 7.83. The van der Waals surface area contributed by atoms with Crippen molar-refractivity contribution in [1.82, 2.24) is 0 Å². The van der Waals surface area contributed by atoms with E-state index in [4.69, 9.17) is 15.2 Å². The average Bonchev–Trinajstić information content (AvgIpc) is 2.48. The van der Waals surface area contributed by atoms with E-state index in [1.54, 1.807) is 0 Å². The first-order chi connectivity index (χ1) is 10.2. The number of hydrogen-bond donors (Lipinski definition) is 1. The van der Waals surface area contributed by atoms with Gasteiger partial charge in [0.05, 0.1) is 13.2 Å². The van der Waals surface area contributed by atoms with Crippen molar-refractivity contribution in [2.75, 3.05) is 19.8 Å². The third-order valence-electron chi connectivity index (χ3n) is 3.89. The van der Waals surface area contributed by atoms with Crippen LogP contribution in [0.3, 0.4) is 0 Å². The summed E-state index contributed by atoms with van der Waals surface area (Å²) < 4.78 is 10.7. The van der Waals surface area contributed by atoms with Crippen LogP contribution in [-0.2, 0) is 22.4 Å². The number of esters is 1. The Bertz CT molecular complexity index is 473. The standard InChI is InChI=1S/C17H25NO3/c1-2-20-17(19)11-13-4-5-15-12-16(21-9-3-8-18)7-6-14(15)10-13/h6-7,12-13H,2-5,8-11,18H2,1H3. The van der Waals surface area contributed by atoms with Crippen LogP contribution in [0.5, 0.6) is 5.75 Å². The first kappa shape index (κ1) is 15.8. The van der Waals surface area contributed by atoms with Crippen molar-refractivity contribution in [2.24, 2.45) is 11.7 Å². The van der Waals surface area contributed by atoms with Crippen molar-refractivity contribution in [3.05, 3.63) is 29.3 Å². The van der Waals surface area contributed by atoms with Crippen LogP contribution in [0.25, 0.3) is 0 Å². The van der Waals surface area contributed by atoms with E-state index in [1.165, 1.54) is 11.1 Å². The zero-order chi connectivity index (χ0) is 15.1. The summed E-state index contributed by atoms with van der Waals surface area (Å²) in [5.41, 5.74) is 8.14. The highest BCUT2D eigenvalue weighted by Gasteiger charge is 2.22. The molecule has 0 saturated heterocycles. The van der Waals surface area contributed by atoms with Gasteiger partial charge in [-0.25, -0.2) is 0 Å². The minimum absolute atomic E-state index is 0.0762. The van der Waals surface area contributed by atoms with Crippen LogP contribution in [0.1, 0.15) is 37.3 Å². The van der Waals surface area contributed by atoms with Gasteiger partial charge in [-0.05, 0) is 68.3 Å². The normalized spacial score (nSPS) is 17.1. The maximum absolute atomic E-state index is 11.6. The van der Waals surface area contributed by atoms with Crippen LogP contribution < -0.4 is 10.5 Å². The van der Waals surface area contributed by atoms with E-state index in [2.05, 4.69) is 12.1 Å². The van der Waals surface area contributed by atoms with Crippen molar-refractivity contribution in [1.29, 1.82) is 0 Å².